The minimum absolute atomic E-state index is 0.0295. The second kappa shape index (κ2) is 11.2. The Balaban J connectivity index is 1.07. The van der Waals surface area contributed by atoms with Crippen molar-refractivity contribution in [3.8, 4) is 5.75 Å². The summed E-state index contributed by atoms with van der Waals surface area (Å²) < 4.78 is 21.6. The molecule has 8 nitrogen and oxygen atoms in total. The van der Waals surface area contributed by atoms with Crippen LogP contribution >= 0.6 is 0 Å². The van der Waals surface area contributed by atoms with E-state index in [4.69, 9.17) is 19.2 Å². The topological polar surface area (TPSA) is 86.1 Å². The Morgan fingerprint density at radius 1 is 1.02 bits per heavy atom. The first-order valence-corrected chi connectivity index (χ1v) is 16.2. The van der Waals surface area contributed by atoms with Gasteiger partial charge in [0.1, 0.15) is 11.6 Å². The molecule has 1 N–H and O–H groups in total. The van der Waals surface area contributed by atoms with Crippen LogP contribution in [0, 0.1) is 17.3 Å². The van der Waals surface area contributed by atoms with E-state index in [1.54, 1.807) is 12.1 Å². The number of hydrogen-bond donors (Lipinski definition) is 1. The van der Waals surface area contributed by atoms with Crippen LogP contribution in [0.1, 0.15) is 93.6 Å². The minimum atomic E-state index is -0.918. The third kappa shape index (κ3) is 5.69. The fraction of sp³-hybridized carbons (Fsp3) is 0.600. The van der Waals surface area contributed by atoms with Crippen LogP contribution < -0.4 is 4.74 Å². The quantitative estimate of drug-likeness (QED) is 0.325. The molecule has 3 aliphatic heterocycles. The predicted molar refractivity (Wildman–Crippen MR) is 164 cm³/mol. The van der Waals surface area contributed by atoms with Crippen molar-refractivity contribution in [3.63, 3.8) is 0 Å². The Kier molecular flexibility index (Phi) is 7.51. The first-order chi connectivity index (χ1) is 20.7. The highest BCUT2D eigenvalue weighted by atomic mass is 16.7. The van der Waals surface area contributed by atoms with Crippen LogP contribution in [0.2, 0.25) is 0 Å². The van der Waals surface area contributed by atoms with Crippen molar-refractivity contribution < 1.29 is 24.1 Å². The number of para-hydroxylation sites is 1. The van der Waals surface area contributed by atoms with Gasteiger partial charge in [-0.05, 0) is 93.6 Å². The monoisotopic (exact) mass is 587 g/mol. The van der Waals surface area contributed by atoms with Crippen LogP contribution in [-0.2, 0) is 22.6 Å². The van der Waals surface area contributed by atoms with E-state index >= 15 is 0 Å². The van der Waals surface area contributed by atoms with Crippen molar-refractivity contribution in [1.82, 2.24) is 14.5 Å². The molecule has 0 bridgehead atoms. The molecule has 2 unspecified atom stereocenters. The molecule has 7 rings (SSSR count). The van der Waals surface area contributed by atoms with Crippen molar-refractivity contribution in [2.45, 2.75) is 96.8 Å². The third-order valence-corrected chi connectivity index (χ3v) is 10.7. The number of imidazole rings is 1. The van der Waals surface area contributed by atoms with Crippen LogP contribution in [0.3, 0.4) is 0 Å². The van der Waals surface area contributed by atoms with Crippen LogP contribution in [-0.4, -0.2) is 57.1 Å². The van der Waals surface area contributed by atoms with Crippen molar-refractivity contribution in [3.05, 3.63) is 59.4 Å². The predicted octanol–water partition coefficient (Wildman–Crippen LogP) is 6.82. The third-order valence-electron chi connectivity index (χ3n) is 10.7. The van der Waals surface area contributed by atoms with Gasteiger partial charge in [0, 0.05) is 25.0 Å². The molecule has 3 atom stereocenters. The highest BCUT2D eigenvalue weighted by Gasteiger charge is 2.48. The molecule has 0 spiro atoms. The Morgan fingerprint density at radius 2 is 1.77 bits per heavy atom. The number of aromatic nitrogens is 2. The van der Waals surface area contributed by atoms with Crippen molar-refractivity contribution in [2.75, 3.05) is 19.7 Å². The molecule has 0 radical (unpaired) electrons. The normalized spacial score (nSPS) is 28.3. The van der Waals surface area contributed by atoms with Gasteiger partial charge in [0.05, 0.1) is 41.9 Å². The number of rotatable bonds is 7. The molecule has 43 heavy (non-hydrogen) atoms. The van der Waals surface area contributed by atoms with Crippen LogP contribution in [0.15, 0.2) is 42.5 Å². The van der Waals surface area contributed by atoms with E-state index in [-0.39, 0.29) is 17.8 Å². The van der Waals surface area contributed by atoms with Gasteiger partial charge in [-0.15, -0.1) is 0 Å². The lowest BCUT2D eigenvalue weighted by molar-refractivity contribution is -0.267. The highest BCUT2D eigenvalue weighted by molar-refractivity contribution is 5.92. The number of ether oxygens (including phenoxy) is 3. The molecule has 1 aliphatic carbocycles. The number of aromatic carboxylic acids is 1. The number of carboxylic acids is 1. The largest absolute Gasteiger partial charge is 0.478 e. The average molecular weight is 588 g/mol. The van der Waals surface area contributed by atoms with Gasteiger partial charge in [0.15, 0.2) is 0 Å². The van der Waals surface area contributed by atoms with E-state index in [9.17, 15) is 9.90 Å². The number of likely N-dealkylation sites (tertiary alicyclic amines) is 1. The second-order valence-electron chi connectivity index (χ2n) is 14.2. The number of piperidine rings is 1. The maximum atomic E-state index is 11.7. The molecular weight excluding hydrogens is 542 g/mol. The Morgan fingerprint density at radius 3 is 2.47 bits per heavy atom. The van der Waals surface area contributed by atoms with E-state index in [0.29, 0.717) is 23.8 Å². The summed E-state index contributed by atoms with van der Waals surface area (Å²) in [6, 6.07) is 13.7. The smallest absolute Gasteiger partial charge is 0.335 e. The van der Waals surface area contributed by atoms with E-state index < -0.39 is 11.8 Å². The van der Waals surface area contributed by atoms with Crippen LogP contribution in [0.4, 0.5) is 0 Å². The molecule has 1 saturated carbocycles. The van der Waals surface area contributed by atoms with Gasteiger partial charge < -0.3 is 23.9 Å². The number of hydrogen-bond acceptors (Lipinski definition) is 6. The number of carboxylic acid groups (broad SMARTS) is 1. The molecule has 0 amide bonds. The van der Waals surface area contributed by atoms with E-state index in [2.05, 4.69) is 54.5 Å². The standard InChI is InChI=1S/C35H45N3O5/c1-34(2)15-10-25(11-16-34)35(3)42-30-7-5-4-6-27(30)32(43-35)23-12-17-37(18-13-23)22-31-36-28-9-8-24(33(39)40)20-29(28)38(31)21-26-14-19-41-26/h4-9,20,23,25-26,32H,10-19,21-22H2,1-3H3,(H,39,40)/t26-,32?,35?/m0/s1. The maximum Gasteiger partial charge on any atom is 0.335 e. The zero-order valence-electron chi connectivity index (χ0n) is 25.8. The summed E-state index contributed by atoms with van der Waals surface area (Å²) in [6.45, 7) is 11.1. The number of benzene rings is 2. The lowest BCUT2D eigenvalue weighted by Gasteiger charge is -2.49. The Hall–Kier alpha value is -2.94. The molecule has 8 heteroatoms. The molecule has 2 saturated heterocycles. The van der Waals surface area contributed by atoms with Gasteiger partial charge in [0.25, 0.3) is 0 Å². The number of fused-ring (bicyclic) bond motifs is 2. The summed E-state index contributed by atoms with van der Waals surface area (Å²) in [5, 5.41) is 9.58. The average Bonchev–Trinajstić information content (AvgIpc) is 3.30. The molecule has 2 aromatic carbocycles. The number of carbonyl (C=O) groups is 1. The first-order valence-electron chi connectivity index (χ1n) is 16.2. The number of nitrogens with zero attached hydrogens (tertiary/aromatic N) is 3. The Labute approximate surface area is 254 Å². The van der Waals surface area contributed by atoms with E-state index in [1.165, 1.54) is 18.4 Å². The SMILES string of the molecule is CC1(C)CCC(C2(C)Oc3ccccc3C(C3CCN(Cc4nc5ccc(C(=O)O)cc5n4C[C@@H]4CCO4)CC3)O2)CC1. The summed E-state index contributed by atoms with van der Waals surface area (Å²) >= 11 is 0. The van der Waals surface area contributed by atoms with Gasteiger partial charge in [-0.3, -0.25) is 4.90 Å². The fourth-order valence-electron chi connectivity index (χ4n) is 7.70. The molecule has 3 fully saturated rings. The van der Waals surface area contributed by atoms with Gasteiger partial charge in [-0.2, -0.15) is 0 Å². The summed E-state index contributed by atoms with van der Waals surface area (Å²) in [6.07, 6.45) is 7.99. The molecule has 1 aromatic heterocycles. The molecule has 4 heterocycles. The van der Waals surface area contributed by atoms with Crippen LogP contribution in [0.25, 0.3) is 11.0 Å². The molecular formula is C35H45N3O5. The zero-order chi connectivity index (χ0) is 29.8. The summed E-state index contributed by atoms with van der Waals surface area (Å²) in [5.74, 6) is 1.26. The van der Waals surface area contributed by atoms with Crippen molar-refractivity contribution in [2.24, 2.45) is 17.3 Å². The summed E-state index contributed by atoms with van der Waals surface area (Å²) in [7, 11) is 0. The minimum Gasteiger partial charge on any atom is -0.478 e. The zero-order valence-corrected chi connectivity index (χ0v) is 25.8. The highest BCUT2D eigenvalue weighted by Crippen LogP contribution is 2.51. The lowest BCUT2D eigenvalue weighted by atomic mass is 9.70. The van der Waals surface area contributed by atoms with Gasteiger partial charge >= 0.3 is 5.97 Å². The van der Waals surface area contributed by atoms with E-state index in [1.807, 2.05) is 6.07 Å². The van der Waals surface area contributed by atoms with E-state index in [0.717, 1.165) is 81.0 Å². The summed E-state index contributed by atoms with van der Waals surface area (Å²) in [4.78, 5) is 19.1. The second-order valence-corrected chi connectivity index (χ2v) is 14.2. The van der Waals surface area contributed by atoms with Gasteiger partial charge in [0.2, 0.25) is 5.79 Å². The fourth-order valence-corrected chi connectivity index (χ4v) is 7.70. The lowest BCUT2D eigenvalue weighted by Crippen LogP contribution is -2.50. The maximum absolute atomic E-state index is 11.7. The van der Waals surface area contributed by atoms with Crippen LogP contribution in [0.5, 0.6) is 5.75 Å². The molecule has 4 aliphatic rings. The summed E-state index contributed by atoms with van der Waals surface area (Å²) in [5.41, 5.74) is 3.59. The van der Waals surface area contributed by atoms with Gasteiger partial charge in [-0.25, -0.2) is 9.78 Å². The van der Waals surface area contributed by atoms with Gasteiger partial charge in [-0.1, -0.05) is 32.0 Å². The van der Waals surface area contributed by atoms with Crippen molar-refractivity contribution in [1.29, 1.82) is 0 Å². The Bertz CT molecular complexity index is 1480. The molecule has 3 aromatic rings. The first kappa shape index (κ1) is 28.8. The molecule has 230 valence electrons. The van der Waals surface area contributed by atoms with Crippen molar-refractivity contribution >= 4 is 17.0 Å².